The van der Waals surface area contributed by atoms with Crippen LogP contribution in [0.2, 0.25) is 10.3 Å². The molecule has 0 bridgehead atoms. The molecule has 2 N–H and O–H groups in total. The minimum absolute atomic E-state index is 0.0415. The lowest BCUT2D eigenvalue weighted by atomic mass is 9.99. The van der Waals surface area contributed by atoms with E-state index in [0.717, 1.165) is 0 Å². The van der Waals surface area contributed by atoms with Gasteiger partial charge < -0.3 is 20.1 Å². The van der Waals surface area contributed by atoms with E-state index in [4.69, 9.17) is 27.9 Å². The molecule has 1 aromatic rings. The van der Waals surface area contributed by atoms with Gasteiger partial charge in [-0.15, -0.1) is 0 Å². The number of aliphatic carboxylic acids is 1. The molecule has 0 radical (unpaired) electrons. The molecule has 1 atom stereocenters. The molecule has 1 saturated heterocycles. The lowest BCUT2D eigenvalue weighted by molar-refractivity contribution is -0.144. The van der Waals surface area contributed by atoms with Crippen LogP contribution in [0.5, 0.6) is 0 Å². The zero-order valence-electron chi connectivity index (χ0n) is 14.5. The van der Waals surface area contributed by atoms with Crippen LogP contribution in [-0.2, 0) is 9.53 Å². The SMILES string of the molecule is CC(C)(C)OC(=O)NC1(C(=O)O)CCN(C(=O)c2cc(Cl)nc(Cl)c2)C1. The van der Waals surface area contributed by atoms with Gasteiger partial charge in [0.15, 0.2) is 5.54 Å². The number of halogens is 2. The third-order valence-electron chi connectivity index (χ3n) is 3.72. The van der Waals surface area contributed by atoms with Crippen molar-refractivity contribution in [1.29, 1.82) is 0 Å². The molecular weight excluding hydrogens is 385 g/mol. The number of hydrogen-bond donors (Lipinski definition) is 2. The minimum atomic E-state index is -1.63. The van der Waals surface area contributed by atoms with Gasteiger partial charge in [0, 0.05) is 18.5 Å². The summed E-state index contributed by atoms with van der Waals surface area (Å²) in [4.78, 5) is 41.5. The van der Waals surface area contributed by atoms with E-state index in [1.807, 2.05) is 0 Å². The van der Waals surface area contributed by atoms with Gasteiger partial charge in [0.25, 0.3) is 5.91 Å². The van der Waals surface area contributed by atoms with Gasteiger partial charge in [-0.3, -0.25) is 4.79 Å². The van der Waals surface area contributed by atoms with E-state index < -0.39 is 29.1 Å². The third kappa shape index (κ3) is 4.76. The third-order valence-corrected chi connectivity index (χ3v) is 4.10. The number of aromatic nitrogens is 1. The van der Waals surface area contributed by atoms with Crippen molar-refractivity contribution in [2.45, 2.75) is 38.3 Å². The van der Waals surface area contributed by atoms with Gasteiger partial charge in [-0.2, -0.15) is 0 Å². The van der Waals surface area contributed by atoms with Gasteiger partial charge in [0.1, 0.15) is 15.9 Å². The molecular formula is C16H19Cl2N3O5. The summed E-state index contributed by atoms with van der Waals surface area (Å²) in [6.07, 6.45) is -0.816. The zero-order chi connectivity index (χ0) is 19.7. The summed E-state index contributed by atoms with van der Waals surface area (Å²) in [6.45, 7) is 4.93. The van der Waals surface area contributed by atoms with Crippen LogP contribution in [0.25, 0.3) is 0 Å². The average Bonchev–Trinajstić information content (AvgIpc) is 2.88. The Balaban J connectivity index is 2.17. The first kappa shape index (κ1) is 20.3. The number of nitrogens with zero attached hydrogens (tertiary/aromatic N) is 2. The number of rotatable bonds is 3. The lowest BCUT2D eigenvalue weighted by Gasteiger charge is -2.28. The second-order valence-corrected chi connectivity index (χ2v) is 7.77. The summed E-state index contributed by atoms with van der Waals surface area (Å²) >= 11 is 11.6. The van der Waals surface area contributed by atoms with Gasteiger partial charge in [-0.1, -0.05) is 23.2 Å². The average molecular weight is 404 g/mol. The second-order valence-electron chi connectivity index (χ2n) is 6.99. The number of ether oxygens (including phenoxy) is 1. The van der Waals surface area contributed by atoms with Crippen molar-refractivity contribution < 1.29 is 24.2 Å². The highest BCUT2D eigenvalue weighted by Crippen LogP contribution is 2.25. The molecule has 1 aromatic heterocycles. The normalized spacial score (nSPS) is 20.0. The molecule has 10 heteroatoms. The fourth-order valence-electron chi connectivity index (χ4n) is 2.58. The van der Waals surface area contributed by atoms with Crippen molar-refractivity contribution in [3.05, 3.63) is 28.0 Å². The smallest absolute Gasteiger partial charge is 0.408 e. The molecule has 1 aliphatic heterocycles. The summed E-state index contributed by atoms with van der Waals surface area (Å²) in [6, 6.07) is 2.69. The van der Waals surface area contributed by atoms with Crippen LogP contribution in [0.3, 0.4) is 0 Å². The Morgan fingerprint density at radius 1 is 1.27 bits per heavy atom. The standard InChI is InChI=1S/C16H19Cl2N3O5/c1-15(2,3)26-14(25)20-16(13(23)24)4-5-21(8-16)12(22)9-6-10(17)19-11(18)7-9/h6-7H,4-5,8H2,1-3H3,(H,20,25)(H,23,24). The van der Waals surface area contributed by atoms with Crippen molar-refractivity contribution >= 4 is 41.2 Å². The Bertz CT molecular complexity index is 730. The Kier molecular flexibility index (Phi) is 5.67. The van der Waals surface area contributed by atoms with Crippen LogP contribution in [0.4, 0.5) is 4.79 Å². The monoisotopic (exact) mass is 403 g/mol. The topological polar surface area (TPSA) is 109 Å². The predicted molar refractivity (Wildman–Crippen MR) is 94.5 cm³/mol. The first-order valence-corrected chi connectivity index (χ1v) is 8.54. The number of amides is 2. The highest BCUT2D eigenvalue weighted by atomic mass is 35.5. The first-order chi connectivity index (χ1) is 11.9. The number of carbonyl (C=O) groups excluding carboxylic acids is 2. The molecule has 0 saturated carbocycles. The summed E-state index contributed by atoms with van der Waals surface area (Å²) in [5.41, 5.74) is -2.21. The number of nitrogens with one attached hydrogen (secondary N) is 1. The van der Waals surface area contributed by atoms with Crippen LogP contribution in [-0.4, -0.2) is 57.2 Å². The highest BCUT2D eigenvalue weighted by Gasteiger charge is 2.48. The molecule has 1 unspecified atom stereocenters. The molecule has 2 heterocycles. The zero-order valence-corrected chi connectivity index (χ0v) is 16.0. The maximum absolute atomic E-state index is 12.6. The van der Waals surface area contributed by atoms with Gasteiger partial charge in [0.05, 0.1) is 6.54 Å². The Morgan fingerprint density at radius 2 is 1.85 bits per heavy atom. The molecule has 142 valence electrons. The Morgan fingerprint density at radius 3 is 2.35 bits per heavy atom. The van der Waals surface area contributed by atoms with E-state index in [9.17, 15) is 19.5 Å². The fourth-order valence-corrected chi connectivity index (χ4v) is 3.04. The lowest BCUT2D eigenvalue weighted by Crippen LogP contribution is -2.57. The van der Waals surface area contributed by atoms with Crippen molar-refractivity contribution in [3.63, 3.8) is 0 Å². The van der Waals surface area contributed by atoms with Crippen molar-refractivity contribution in [3.8, 4) is 0 Å². The quantitative estimate of drug-likeness (QED) is 0.750. The molecule has 1 fully saturated rings. The van der Waals surface area contributed by atoms with Crippen LogP contribution in [0.15, 0.2) is 12.1 Å². The van der Waals surface area contributed by atoms with E-state index >= 15 is 0 Å². The number of carbonyl (C=O) groups is 3. The number of carboxylic acid groups (broad SMARTS) is 1. The number of likely N-dealkylation sites (tertiary alicyclic amines) is 1. The molecule has 26 heavy (non-hydrogen) atoms. The summed E-state index contributed by atoms with van der Waals surface area (Å²) in [5, 5.41) is 12.1. The molecule has 1 aliphatic rings. The van der Waals surface area contributed by atoms with E-state index in [1.165, 1.54) is 17.0 Å². The van der Waals surface area contributed by atoms with E-state index in [2.05, 4.69) is 10.3 Å². The van der Waals surface area contributed by atoms with E-state index in [0.29, 0.717) is 0 Å². The van der Waals surface area contributed by atoms with Crippen LogP contribution < -0.4 is 5.32 Å². The first-order valence-electron chi connectivity index (χ1n) is 7.79. The van der Waals surface area contributed by atoms with Gasteiger partial charge in [-0.25, -0.2) is 14.6 Å². The van der Waals surface area contributed by atoms with Crippen LogP contribution in [0, 0.1) is 0 Å². The molecule has 0 aromatic carbocycles. The highest BCUT2D eigenvalue weighted by molar-refractivity contribution is 6.33. The van der Waals surface area contributed by atoms with Gasteiger partial charge >= 0.3 is 12.1 Å². The molecule has 0 spiro atoms. The van der Waals surface area contributed by atoms with Gasteiger partial charge in [0.2, 0.25) is 0 Å². The minimum Gasteiger partial charge on any atom is -0.479 e. The number of hydrogen-bond acceptors (Lipinski definition) is 5. The number of pyridine rings is 1. The summed E-state index contributed by atoms with van der Waals surface area (Å²) in [5.74, 6) is -1.70. The molecule has 2 amide bonds. The second kappa shape index (κ2) is 7.28. The van der Waals surface area contributed by atoms with Crippen molar-refractivity contribution in [2.75, 3.05) is 13.1 Å². The van der Waals surface area contributed by atoms with Crippen molar-refractivity contribution in [2.24, 2.45) is 0 Å². The Hall–Kier alpha value is -2.06. The number of carboxylic acids is 1. The molecule has 0 aliphatic carbocycles. The summed E-state index contributed by atoms with van der Waals surface area (Å²) < 4.78 is 5.13. The fraction of sp³-hybridized carbons (Fsp3) is 0.500. The largest absolute Gasteiger partial charge is 0.479 e. The van der Waals surface area contributed by atoms with Crippen LogP contribution in [0.1, 0.15) is 37.6 Å². The Labute approximate surface area is 160 Å². The van der Waals surface area contributed by atoms with E-state index in [-0.39, 0.29) is 35.4 Å². The molecule has 2 rings (SSSR count). The molecule has 8 nitrogen and oxygen atoms in total. The van der Waals surface area contributed by atoms with Gasteiger partial charge in [-0.05, 0) is 32.9 Å². The maximum atomic E-state index is 12.6. The predicted octanol–water partition coefficient (Wildman–Crippen LogP) is 2.58. The maximum Gasteiger partial charge on any atom is 0.408 e. The van der Waals surface area contributed by atoms with Crippen molar-refractivity contribution in [1.82, 2.24) is 15.2 Å². The summed E-state index contributed by atoms with van der Waals surface area (Å²) in [7, 11) is 0. The number of alkyl carbamates (subject to hydrolysis) is 1. The van der Waals surface area contributed by atoms with Crippen LogP contribution >= 0.6 is 23.2 Å². The van der Waals surface area contributed by atoms with E-state index in [1.54, 1.807) is 20.8 Å².